The lowest BCUT2D eigenvalue weighted by Gasteiger charge is -2.18. The van der Waals surface area contributed by atoms with Crippen molar-refractivity contribution >= 4 is 11.7 Å². The minimum atomic E-state index is -0.124. The van der Waals surface area contributed by atoms with Gasteiger partial charge >= 0.3 is 5.97 Å². The Hall–Kier alpha value is -2.53. The molecule has 0 radical (unpaired) electrons. The fraction of sp³-hybridized carbons (Fsp3) is 0.381. The molecule has 0 saturated carbocycles. The van der Waals surface area contributed by atoms with Crippen molar-refractivity contribution < 1.29 is 9.53 Å². The molecule has 0 N–H and O–H groups in total. The summed E-state index contributed by atoms with van der Waals surface area (Å²) in [7, 11) is 4.08. The smallest absolute Gasteiger partial charge is 0.310 e. The van der Waals surface area contributed by atoms with Crippen LogP contribution in [0.5, 0.6) is 0 Å². The van der Waals surface area contributed by atoms with Crippen LogP contribution in [0.3, 0.4) is 0 Å². The molecular weight excluding hydrogens is 326 g/mol. The summed E-state index contributed by atoms with van der Waals surface area (Å²) < 4.78 is 5.68. The standard InChI is InChI=1S/C21H23N3O2/c1-24(2)8-5-18-10-16-11-19-17(9-15(16)12-20(25)26-18)13-23-21(19)14-3-6-22-7-4-14/h3-4,6-7,9,11,18H,5,8,10,12-13H2,1-2H3. The molecule has 5 heteroatoms. The topological polar surface area (TPSA) is 54.8 Å². The van der Waals surface area contributed by atoms with Gasteiger partial charge in [0.25, 0.3) is 0 Å². The van der Waals surface area contributed by atoms with Crippen molar-refractivity contribution in [2.75, 3.05) is 20.6 Å². The first-order valence-corrected chi connectivity index (χ1v) is 9.04. The maximum absolute atomic E-state index is 12.2. The largest absolute Gasteiger partial charge is 0.462 e. The van der Waals surface area contributed by atoms with Crippen LogP contribution >= 0.6 is 0 Å². The van der Waals surface area contributed by atoms with Crippen LogP contribution in [-0.4, -0.2) is 48.3 Å². The van der Waals surface area contributed by atoms with Gasteiger partial charge in [-0.25, -0.2) is 0 Å². The van der Waals surface area contributed by atoms with Gasteiger partial charge in [-0.1, -0.05) is 6.07 Å². The fourth-order valence-corrected chi connectivity index (χ4v) is 3.69. The molecule has 134 valence electrons. The quantitative estimate of drug-likeness (QED) is 0.796. The Kier molecular flexibility index (Phi) is 4.55. The first-order valence-electron chi connectivity index (χ1n) is 9.04. The lowest BCUT2D eigenvalue weighted by Crippen LogP contribution is -2.24. The SMILES string of the molecule is CN(C)CCC1Cc2cc3c(cc2CC(=O)O1)CN=C3c1ccncc1. The van der Waals surface area contributed by atoms with Gasteiger partial charge in [-0.2, -0.15) is 0 Å². The summed E-state index contributed by atoms with van der Waals surface area (Å²) in [6.07, 6.45) is 5.50. The Morgan fingerprint density at radius 3 is 2.73 bits per heavy atom. The molecule has 0 bridgehead atoms. The van der Waals surface area contributed by atoms with Crippen LogP contribution in [0.25, 0.3) is 0 Å². The van der Waals surface area contributed by atoms with Gasteiger partial charge in [0.2, 0.25) is 0 Å². The van der Waals surface area contributed by atoms with Crippen molar-refractivity contribution in [2.24, 2.45) is 4.99 Å². The van der Waals surface area contributed by atoms with Gasteiger partial charge in [-0.05, 0) is 55.4 Å². The number of esters is 1. The average molecular weight is 349 g/mol. The number of pyridine rings is 1. The van der Waals surface area contributed by atoms with E-state index in [0.29, 0.717) is 13.0 Å². The highest BCUT2D eigenvalue weighted by molar-refractivity contribution is 6.15. The number of ether oxygens (including phenoxy) is 1. The highest BCUT2D eigenvalue weighted by Gasteiger charge is 2.26. The van der Waals surface area contributed by atoms with E-state index in [2.05, 4.69) is 22.0 Å². The summed E-state index contributed by atoms with van der Waals surface area (Å²) in [6, 6.07) is 8.36. The highest BCUT2D eigenvalue weighted by Crippen LogP contribution is 2.29. The monoisotopic (exact) mass is 349 g/mol. The molecule has 5 nitrogen and oxygen atoms in total. The molecule has 1 aromatic carbocycles. The zero-order valence-electron chi connectivity index (χ0n) is 15.2. The summed E-state index contributed by atoms with van der Waals surface area (Å²) >= 11 is 0. The lowest BCUT2D eigenvalue weighted by molar-refractivity contribution is -0.147. The minimum Gasteiger partial charge on any atom is -0.462 e. The summed E-state index contributed by atoms with van der Waals surface area (Å²) in [5.74, 6) is -0.124. The first kappa shape index (κ1) is 16.9. The zero-order valence-corrected chi connectivity index (χ0v) is 15.2. The number of fused-ring (bicyclic) bond motifs is 2. The van der Waals surface area contributed by atoms with Crippen molar-refractivity contribution in [3.63, 3.8) is 0 Å². The first-order chi connectivity index (χ1) is 12.6. The van der Waals surface area contributed by atoms with Crippen LogP contribution in [0.4, 0.5) is 0 Å². The van der Waals surface area contributed by atoms with Gasteiger partial charge in [0.05, 0.1) is 18.7 Å². The van der Waals surface area contributed by atoms with Gasteiger partial charge in [0.15, 0.2) is 0 Å². The van der Waals surface area contributed by atoms with E-state index in [0.717, 1.165) is 36.2 Å². The number of benzene rings is 1. The maximum atomic E-state index is 12.2. The molecule has 0 amide bonds. The summed E-state index contributed by atoms with van der Waals surface area (Å²) in [5, 5.41) is 0. The fourth-order valence-electron chi connectivity index (χ4n) is 3.69. The Balaban J connectivity index is 1.66. The van der Waals surface area contributed by atoms with E-state index in [1.807, 2.05) is 26.2 Å². The van der Waals surface area contributed by atoms with Crippen molar-refractivity contribution in [3.05, 3.63) is 64.5 Å². The number of aliphatic imine (C=N–C) groups is 1. The van der Waals surface area contributed by atoms with Gasteiger partial charge in [-0.3, -0.25) is 14.8 Å². The molecule has 3 heterocycles. The molecule has 0 spiro atoms. The molecule has 0 saturated heterocycles. The predicted molar refractivity (Wildman–Crippen MR) is 100 cm³/mol. The Labute approximate surface area is 153 Å². The second kappa shape index (κ2) is 7.00. The average Bonchev–Trinajstić information content (AvgIpc) is 2.95. The third-order valence-electron chi connectivity index (χ3n) is 5.02. The number of hydrogen-bond donors (Lipinski definition) is 0. The number of hydrogen-bond acceptors (Lipinski definition) is 5. The van der Waals surface area contributed by atoms with Crippen LogP contribution in [0.2, 0.25) is 0 Å². The number of carbonyl (C=O) groups excluding carboxylic acids is 1. The minimum absolute atomic E-state index is 0.0630. The van der Waals surface area contributed by atoms with E-state index in [9.17, 15) is 4.79 Å². The Morgan fingerprint density at radius 1 is 1.15 bits per heavy atom. The molecular formula is C21H23N3O2. The molecule has 2 aliphatic heterocycles. The molecule has 0 fully saturated rings. The molecule has 2 aromatic rings. The molecule has 1 aromatic heterocycles. The van der Waals surface area contributed by atoms with Gasteiger partial charge < -0.3 is 9.64 Å². The summed E-state index contributed by atoms with van der Waals surface area (Å²) in [5.41, 5.74) is 6.77. The lowest BCUT2D eigenvalue weighted by atomic mass is 9.91. The normalized spacial score (nSPS) is 18.8. The molecule has 0 aliphatic carbocycles. The van der Waals surface area contributed by atoms with Gasteiger partial charge in [0.1, 0.15) is 6.10 Å². The second-order valence-corrected chi connectivity index (χ2v) is 7.26. The van der Waals surface area contributed by atoms with E-state index in [1.54, 1.807) is 12.4 Å². The number of aromatic nitrogens is 1. The van der Waals surface area contributed by atoms with Crippen molar-refractivity contribution in [1.82, 2.24) is 9.88 Å². The van der Waals surface area contributed by atoms with Crippen LogP contribution < -0.4 is 0 Å². The van der Waals surface area contributed by atoms with E-state index < -0.39 is 0 Å². The Bertz CT molecular complexity index is 859. The van der Waals surface area contributed by atoms with E-state index in [-0.39, 0.29) is 12.1 Å². The third-order valence-corrected chi connectivity index (χ3v) is 5.02. The third kappa shape index (κ3) is 3.40. The number of cyclic esters (lactones) is 1. The number of rotatable bonds is 4. The summed E-state index contributed by atoms with van der Waals surface area (Å²) in [4.78, 5) is 23.2. The van der Waals surface area contributed by atoms with Crippen molar-refractivity contribution in [3.8, 4) is 0 Å². The number of carbonyl (C=O) groups is 1. The molecule has 2 aliphatic rings. The van der Waals surface area contributed by atoms with Gasteiger partial charge in [-0.15, -0.1) is 0 Å². The molecule has 1 atom stereocenters. The van der Waals surface area contributed by atoms with Gasteiger partial charge in [0, 0.05) is 36.5 Å². The zero-order chi connectivity index (χ0) is 18.1. The molecule has 1 unspecified atom stereocenters. The summed E-state index contributed by atoms with van der Waals surface area (Å²) in [6.45, 7) is 1.57. The Morgan fingerprint density at radius 2 is 1.96 bits per heavy atom. The molecule has 26 heavy (non-hydrogen) atoms. The van der Waals surface area contributed by atoms with E-state index >= 15 is 0 Å². The molecule has 4 rings (SSSR count). The van der Waals surface area contributed by atoms with Crippen LogP contribution in [0.15, 0.2) is 41.7 Å². The maximum Gasteiger partial charge on any atom is 0.310 e. The number of nitrogens with zero attached hydrogens (tertiary/aromatic N) is 3. The van der Waals surface area contributed by atoms with Crippen LogP contribution in [0.1, 0.15) is 34.2 Å². The highest BCUT2D eigenvalue weighted by atomic mass is 16.5. The van der Waals surface area contributed by atoms with Crippen molar-refractivity contribution in [2.45, 2.75) is 31.9 Å². The van der Waals surface area contributed by atoms with E-state index in [1.165, 1.54) is 16.7 Å². The van der Waals surface area contributed by atoms with Crippen LogP contribution in [0, 0.1) is 0 Å². The van der Waals surface area contributed by atoms with Crippen LogP contribution in [-0.2, 0) is 28.9 Å². The predicted octanol–water partition coefficient (Wildman–Crippen LogP) is 2.39. The second-order valence-electron chi connectivity index (χ2n) is 7.26. The van der Waals surface area contributed by atoms with E-state index in [4.69, 9.17) is 9.73 Å². The van der Waals surface area contributed by atoms with Crippen molar-refractivity contribution in [1.29, 1.82) is 0 Å².